The number of hydrogen-bond acceptors (Lipinski definition) is 9. The molecule has 4 saturated carbocycles. The SMILES string of the molecule is CCC(C)(C)C(=O)OC12CC3CC(CC(O)(C3)C1)C2.CCC(C)(C)C(=O)OC1CCOC1=O.CCC(CC)(CC)OC(=O)C(C)(C)CC. The molecule has 9 heteroatoms. The average molecular weight is 681 g/mol. The van der Waals surface area contributed by atoms with Crippen LogP contribution in [0.3, 0.4) is 0 Å². The minimum absolute atomic E-state index is 0.0597. The maximum atomic E-state index is 12.4. The first-order valence-corrected chi connectivity index (χ1v) is 18.7. The average Bonchev–Trinajstić information content (AvgIpc) is 3.42. The number of aliphatic hydroxyl groups is 1. The second-order valence-electron chi connectivity index (χ2n) is 17.0. The summed E-state index contributed by atoms with van der Waals surface area (Å²) in [6, 6.07) is 0. The molecule has 0 aromatic rings. The van der Waals surface area contributed by atoms with Crippen molar-refractivity contribution in [2.45, 2.75) is 189 Å². The van der Waals surface area contributed by atoms with Gasteiger partial charge in [0.2, 0.25) is 6.10 Å². The normalized spacial score (nSPS) is 27.9. The summed E-state index contributed by atoms with van der Waals surface area (Å²) < 4.78 is 21.4. The topological polar surface area (TPSA) is 125 Å². The molecule has 5 fully saturated rings. The van der Waals surface area contributed by atoms with Crippen molar-refractivity contribution in [2.75, 3.05) is 6.61 Å². The summed E-state index contributed by atoms with van der Waals surface area (Å²) in [7, 11) is 0. The highest BCUT2D eigenvalue weighted by molar-refractivity contribution is 5.82. The van der Waals surface area contributed by atoms with Crippen LogP contribution in [0, 0.1) is 28.1 Å². The first kappa shape index (κ1) is 42.0. The van der Waals surface area contributed by atoms with Crippen molar-refractivity contribution in [3.8, 4) is 0 Å². The quantitative estimate of drug-likeness (QED) is 0.160. The lowest BCUT2D eigenvalue weighted by atomic mass is 9.52. The van der Waals surface area contributed by atoms with E-state index in [0.29, 0.717) is 37.7 Å². The van der Waals surface area contributed by atoms with Crippen LogP contribution in [0.1, 0.15) is 167 Å². The molecule has 4 bridgehead atoms. The number of ether oxygens (including phenoxy) is 4. The number of carbonyl (C=O) groups excluding carboxylic acids is 4. The molecule has 0 aromatic heterocycles. The summed E-state index contributed by atoms with van der Waals surface area (Å²) >= 11 is 0. The van der Waals surface area contributed by atoms with Gasteiger partial charge in [0.05, 0.1) is 28.5 Å². The van der Waals surface area contributed by atoms with Gasteiger partial charge in [-0.1, -0.05) is 41.5 Å². The fourth-order valence-electron chi connectivity index (χ4n) is 7.19. The molecule has 4 aliphatic carbocycles. The van der Waals surface area contributed by atoms with Gasteiger partial charge in [-0.05, 0) is 124 Å². The third-order valence-corrected chi connectivity index (χ3v) is 12.0. The number of carbonyl (C=O) groups is 4. The summed E-state index contributed by atoms with van der Waals surface area (Å²) in [6.45, 7) is 23.9. The minimum atomic E-state index is -0.687. The summed E-state index contributed by atoms with van der Waals surface area (Å²) in [4.78, 5) is 46.9. The summed E-state index contributed by atoms with van der Waals surface area (Å²) in [5.41, 5.74) is -2.45. The lowest BCUT2D eigenvalue weighted by Crippen LogP contribution is -2.61. The third-order valence-electron chi connectivity index (χ3n) is 12.0. The van der Waals surface area contributed by atoms with Gasteiger partial charge in [0.1, 0.15) is 11.2 Å². The maximum Gasteiger partial charge on any atom is 0.347 e. The van der Waals surface area contributed by atoms with Gasteiger partial charge in [0.15, 0.2) is 0 Å². The molecule has 0 aromatic carbocycles. The van der Waals surface area contributed by atoms with Crippen LogP contribution in [0.25, 0.3) is 0 Å². The zero-order chi connectivity index (χ0) is 36.8. The predicted molar refractivity (Wildman–Crippen MR) is 186 cm³/mol. The minimum Gasteiger partial charge on any atom is -0.463 e. The van der Waals surface area contributed by atoms with Crippen LogP contribution in [-0.4, -0.2) is 58.5 Å². The second-order valence-corrected chi connectivity index (χ2v) is 17.0. The Hall–Kier alpha value is -2.16. The first-order valence-electron chi connectivity index (χ1n) is 18.7. The van der Waals surface area contributed by atoms with Gasteiger partial charge in [-0.2, -0.15) is 0 Å². The molecule has 5 aliphatic rings. The van der Waals surface area contributed by atoms with Crippen molar-refractivity contribution in [2.24, 2.45) is 28.1 Å². The Morgan fingerprint density at radius 1 is 0.729 bits per heavy atom. The molecule has 5 rings (SSSR count). The van der Waals surface area contributed by atoms with Crippen LogP contribution in [-0.2, 0) is 38.1 Å². The van der Waals surface area contributed by atoms with E-state index in [4.69, 9.17) is 18.9 Å². The number of esters is 4. The highest BCUT2D eigenvalue weighted by Crippen LogP contribution is 2.59. The first-order chi connectivity index (χ1) is 22.1. The van der Waals surface area contributed by atoms with Crippen LogP contribution >= 0.6 is 0 Å². The van der Waals surface area contributed by atoms with Crippen molar-refractivity contribution < 1.29 is 43.2 Å². The van der Waals surface area contributed by atoms with Crippen molar-refractivity contribution in [3.05, 3.63) is 0 Å². The van der Waals surface area contributed by atoms with Crippen LogP contribution in [0.5, 0.6) is 0 Å². The Morgan fingerprint density at radius 2 is 1.19 bits per heavy atom. The van der Waals surface area contributed by atoms with E-state index in [9.17, 15) is 24.3 Å². The number of hydrogen-bond donors (Lipinski definition) is 1. The van der Waals surface area contributed by atoms with E-state index in [1.54, 1.807) is 13.8 Å². The molecule has 0 amide bonds. The molecule has 9 nitrogen and oxygen atoms in total. The van der Waals surface area contributed by atoms with Gasteiger partial charge in [-0.25, -0.2) is 4.79 Å². The van der Waals surface area contributed by atoms with E-state index < -0.39 is 28.5 Å². The molecule has 0 radical (unpaired) electrons. The third kappa shape index (κ3) is 10.4. The molecular formula is C39H68O9. The lowest BCUT2D eigenvalue weighted by molar-refractivity contribution is -0.225. The Balaban J connectivity index is 0.000000255. The summed E-state index contributed by atoms with van der Waals surface area (Å²) in [5, 5.41) is 10.6. The highest BCUT2D eigenvalue weighted by atomic mass is 16.6. The van der Waals surface area contributed by atoms with Crippen LogP contribution in [0.4, 0.5) is 0 Å². The lowest BCUT2D eigenvalue weighted by Gasteiger charge is -2.59. The summed E-state index contributed by atoms with van der Waals surface area (Å²) in [5.74, 6) is 0.220. The smallest absolute Gasteiger partial charge is 0.347 e. The Bertz CT molecular complexity index is 1090. The molecular weight excluding hydrogens is 612 g/mol. The monoisotopic (exact) mass is 680 g/mol. The summed E-state index contributed by atoms with van der Waals surface area (Å²) in [6.07, 6.45) is 10.4. The van der Waals surface area contributed by atoms with Gasteiger partial charge >= 0.3 is 23.9 Å². The number of cyclic esters (lactones) is 1. The Morgan fingerprint density at radius 3 is 1.58 bits per heavy atom. The van der Waals surface area contributed by atoms with E-state index in [0.717, 1.165) is 57.8 Å². The Labute approximate surface area is 290 Å². The maximum absolute atomic E-state index is 12.4. The highest BCUT2D eigenvalue weighted by Gasteiger charge is 2.59. The molecule has 1 aliphatic heterocycles. The fourth-order valence-corrected chi connectivity index (χ4v) is 7.19. The fraction of sp³-hybridized carbons (Fsp3) is 0.897. The van der Waals surface area contributed by atoms with E-state index in [-0.39, 0.29) is 34.5 Å². The molecule has 1 heterocycles. The van der Waals surface area contributed by atoms with E-state index in [1.807, 2.05) is 48.5 Å². The van der Waals surface area contributed by atoms with E-state index in [2.05, 4.69) is 20.8 Å². The zero-order valence-corrected chi connectivity index (χ0v) is 32.3. The zero-order valence-electron chi connectivity index (χ0n) is 32.3. The van der Waals surface area contributed by atoms with Gasteiger partial charge < -0.3 is 24.1 Å². The molecule has 3 unspecified atom stereocenters. The van der Waals surface area contributed by atoms with E-state index in [1.165, 1.54) is 6.42 Å². The van der Waals surface area contributed by atoms with Gasteiger partial charge in [-0.3, -0.25) is 14.4 Å². The molecule has 0 spiro atoms. The second kappa shape index (κ2) is 16.2. The molecule has 3 atom stereocenters. The van der Waals surface area contributed by atoms with Gasteiger partial charge in [0.25, 0.3) is 0 Å². The van der Waals surface area contributed by atoms with E-state index >= 15 is 0 Å². The largest absolute Gasteiger partial charge is 0.463 e. The Kier molecular flexibility index (Phi) is 14.2. The number of rotatable bonds is 12. The van der Waals surface area contributed by atoms with Gasteiger partial charge in [0, 0.05) is 12.8 Å². The van der Waals surface area contributed by atoms with Crippen LogP contribution in [0.15, 0.2) is 0 Å². The molecule has 278 valence electrons. The molecule has 48 heavy (non-hydrogen) atoms. The van der Waals surface area contributed by atoms with Crippen molar-refractivity contribution in [1.82, 2.24) is 0 Å². The van der Waals surface area contributed by atoms with Crippen molar-refractivity contribution in [1.29, 1.82) is 0 Å². The molecule has 1 N–H and O–H groups in total. The van der Waals surface area contributed by atoms with Crippen molar-refractivity contribution >= 4 is 23.9 Å². The molecule has 1 saturated heterocycles. The van der Waals surface area contributed by atoms with Gasteiger partial charge in [-0.15, -0.1) is 0 Å². The van der Waals surface area contributed by atoms with Crippen LogP contribution in [0.2, 0.25) is 0 Å². The standard InChI is InChI=1S/C16H26O3.C13H26O2.C10H16O4/c1-4-14(2,3)13(17)19-16-8-11-5-12(9-16)7-15(18,6-11)10-16;1-7-12(5,6)11(14)15-13(8-2,9-3)10-4;1-4-10(2,3)9(12)14-7-5-6-13-8(7)11/h11-12,18H,4-10H2,1-3H3;7-10H2,1-6H3;7H,4-6H2,1-3H3. The van der Waals surface area contributed by atoms with Crippen molar-refractivity contribution in [3.63, 3.8) is 0 Å². The van der Waals surface area contributed by atoms with Crippen LogP contribution < -0.4 is 0 Å². The predicted octanol–water partition coefficient (Wildman–Crippen LogP) is 8.27.